The van der Waals surface area contributed by atoms with E-state index in [0.29, 0.717) is 13.1 Å². The summed E-state index contributed by atoms with van der Waals surface area (Å²) in [6.45, 7) is 2.98. The first-order valence-corrected chi connectivity index (χ1v) is 5.76. The summed E-state index contributed by atoms with van der Waals surface area (Å²) in [5.41, 5.74) is 0. The molecule has 2 N–H and O–H groups in total. The van der Waals surface area contributed by atoms with Gasteiger partial charge in [-0.3, -0.25) is 9.48 Å². The molecule has 2 rings (SSSR count). The normalized spacial score (nSPS) is 25.8. The Bertz CT molecular complexity index is 379. The SMILES string of the molecule is CC(C(=O)N(C)[C@H]1CNC[C@@H]1O)n1cccn1. The van der Waals surface area contributed by atoms with E-state index in [9.17, 15) is 9.90 Å². The van der Waals surface area contributed by atoms with Crippen LogP contribution in [0.1, 0.15) is 13.0 Å². The van der Waals surface area contributed by atoms with Gasteiger partial charge >= 0.3 is 0 Å². The fourth-order valence-electron chi connectivity index (χ4n) is 2.13. The van der Waals surface area contributed by atoms with Gasteiger partial charge in [0.05, 0.1) is 12.1 Å². The third-order valence-electron chi connectivity index (χ3n) is 3.28. The first kappa shape index (κ1) is 12.1. The van der Waals surface area contributed by atoms with E-state index in [0.717, 1.165) is 0 Å². The van der Waals surface area contributed by atoms with Crippen LogP contribution in [0.15, 0.2) is 18.5 Å². The van der Waals surface area contributed by atoms with Crippen molar-refractivity contribution in [1.29, 1.82) is 0 Å². The molecule has 6 heteroatoms. The van der Waals surface area contributed by atoms with Crippen LogP contribution in [0.25, 0.3) is 0 Å². The number of rotatable bonds is 3. The second-order valence-electron chi connectivity index (χ2n) is 4.40. The Morgan fingerprint density at radius 1 is 1.65 bits per heavy atom. The van der Waals surface area contributed by atoms with Crippen LogP contribution in [0.3, 0.4) is 0 Å². The first-order valence-electron chi connectivity index (χ1n) is 5.76. The van der Waals surface area contributed by atoms with Crippen molar-refractivity contribution in [2.75, 3.05) is 20.1 Å². The molecule has 1 aromatic heterocycles. The third kappa shape index (κ3) is 2.32. The number of hydrogen-bond donors (Lipinski definition) is 2. The molecule has 0 aromatic carbocycles. The lowest BCUT2D eigenvalue weighted by Crippen LogP contribution is -2.46. The van der Waals surface area contributed by atoms with E-state index in [1.807, 2.05) is 0 Å². The highest BCUT2D eigenvalue weighted by Gasteiger charge is 2.33. The predicted molar refractivity (Wildman–Crippen MR) is 62.4 cm³/mol. The Labute approximate surface area is 100 Å². The second-order valence-corrected chi connectivity index (χ2v) is 4.40. The van der Waals surface area contributed by atoms with Crippen LogP contribution in [0.4, 0.5) is 0 Å². The lowest BCUT2D eigenvalue weighted by atomic mass is 10.1. The maximum Gasteiger partial charge on any atom is 0.247 e. The van der Waals surface area contributed by atoms with E-state index < -0.39 is 6.10 Å². The van der Waals surface area contributed by atoms with Crippen molar-refractivity contribution >= 4 is 5.91 Å². The minimum absolute atomic E-state index is 0.0403. The molecule has 0 saturated carbocycles. The largest absolute Gasteiger partial charge is 0.390 e. The Kier molecular flexibility index (Phi) is 3.44. The molecule has 1 fully saturated rings. The van der Waals surface area contributed by atoms with Crippen LogP contribution in [-0.2, 0) is 4.79 Å². The van der Waals surface area contributed by atoms with Crippen molar-refractivity contribution in [1.82, 2.24) is 20.0 Å². The number of nitrogens with one attached hydrogen (secondary N) is 1. The van der Waals surface area contributed by atoms with Crippen molar-refractivity contribution in [2.45, 2.75) is 25.1 Å². The minimum Gasteiger partial charge on any atom is -0.390 e. The highest BCUT2D eigenvalue weighted by molar-refractivity contribution is 5.80. The molecular formula is C11H18N4O2. The Morgan fingerprint density at radius 3 is 2.94 bits per heavy atom. The summed E-state index contributed by atoms with van der Waals surface area (Å²) >= 11 is 0. The van der Waals surface area contributed by atoms with Gasteiger partial charge in [0.2, 0.25) is 5.91 Å². The number of aliphatic hydroxyl groups is 1. The van der Waals surface area contributed by atoms with Gasteiger partial charge in [0.15, 0.2) is 0 Å². The van der Waals surface area contributed by atoms with Gasteiger partial charge in [-0.1, -0.05) is 0 Å². The summed E-state index contributed by atoms with van der Waals surface area (Å²) in [6.07, 6.45) is 2.92. The summed E-state index contributed by atoms with van der Waals surface area (Å²) in [6, 6.07) is 1.29. The van der Waals surface area contributed by atoms with Crippen molar-refractivity contribution in [3.63, 3.8) is 0 Å². The maximum absolute atomic E-state index is 12.2. The van der Waals surface area contributed by atoms with Gasteiger partial charge in [0.25, 0.3) is 0 Å². The molecule has 1 amide bonds. The molecule has 0 radical (unpaired) electrons. The highest BCUT2D eigenvalue weighted by Crippen LogP contribution is 2.13. The highest BCUT2D eigenvalue weighted by atomic mass is 16.3. The van der Waals surface area contributed by atoms with Crippen molar-refractivity contribution in [3.05, 3.63) is 18.5 Å². The first-order chi connectivity index (χ1) is 8.11. The molecule has 3 atom stereocenters. The van der Waals surface area contributed by atoms with E-state index in [2.05, 4.69) is 10.4 Å². The molecule has 2 heterocycles. The summed E-state index contributed by atoms with van der Waals surface area (Å²) in [7, 11) is 1.73. The van der Waals surface area contributed by atoms with E-state index in [1.165, 1.54) is 0 Å². The van der Waals surface area contributed by atoms with Gasteiger partial charge in [0, 0.05) is 32.5 Å². The lowest BCUT2D eigenvalue weighted by molar-refractivity contribution is -0.136. The molecule has 17 heavy (non-hydrogen) atoms. The van der Waals surface area contributed by atoms with Crippen LogP contribution in [0, 0.1) is 0 Å². The molecule has 1 saturated heterocycles. The second kappa shape index (κ2) is 4.85. The van der Waals surface area contributed by atoms with Gasteiger partial charge in [-0.05, 0) is 13.0 Å². The summed E-state index contributed by atoms with van der Waals surface area (Å²) in [4.78, 5) is 13.8. The molecule has 1 unspecified atom stereocenters. The van der Waals surface area contributed by atoms with Gasteiger partial charge in [-0.25, -0.2) is 0 Å². The van der Waals surface area contributed by atoms with E-state index in [-0.39, 0.29) is 18.0 Å². The molecule has 1 aromatic rings. The van der Waals surface area contributed by atoms with Crippen LogP contribution in [0.2, 0.25) is 0 Å². The number of carbonyl (C=O) groups excluding carboxylic acids is 1. The zero-order chi connectivity index (χ0) is 12.4. The van der Waals surface area contributed by atoms with Gasteiger partial charge < -0.3 is 15.3 Å². The topological polar surface area (TPSA) is 70.4 Å². The Morgan fingerprint density at radius 2 is 2.41 bits per heavy atom. The number of aliphatic hydroxyl groups excluding tert-OH is 1. The number of amides is 1. The number of hydrogen-bond acceptors (Lipinski definition) is 4. The Balaban J connectivity index is 2.04. The lowest BCUT2D eigenvalue weighted by Gasteiger charge is -2.28. The van der Waals surface area contributed by atoms with Crippen LogP contribution in [0.5, 0.6) is 0 Å². The van der Waals surface area contributed by atoms with Gasteiger partial charge in [-0.15, -0.1) is 0 Å². The average molecular weight is 238 g/mol. The number of nitrogens with zero attached hydrogens (tertiary/aromatic N) is 3. The van der Waals surface area contributed by atoms with Crippen molar-refractivity contribution in [2.24, 2.45) is 0 Å². The minimum atomic E-state index is -0.492. The molecule has 94 valence electrons. The standard InChI is InChI=1S/C11H18N4O2/c1-8(15-5-3-4-13-15)11(17)14(2)9-6-12-7-10(9)16/h3-5,8-10,12,16H,6-7H2,1-2H3/t8?,9-,10-/m0/s1. The zero-order valence-electron chi connectivity index (χ0n) is 10.1. The van der Waals surface area contributed by atoms with Gasteiger partial charge in [0.1, 0.15) is 6.04 Å². The van der Waals surface area contributed by atoms with Crippen molar-refractivity contribution < 1.29 is 9.90 Å². The predicted octanol–water partition coefficient (Wildman–Crippen LogP) is -0.765. The number of carbonyl (C=O) groups is 1. The third-order valence-corrected chi connectivity index (χ3v) is 3.28. The molecule has 1 aliphatic heterocycles. The molecule has 0 spiro atoms. The number of aromatic nitrogens is 2. The van der Waals surface area contributed by atoms with Crippen LogP contribution >= 0.6 is 0 Å². The summed E-state index contributed by atoms with van der Waals surface area (Å²) < 4.78 is 1.62. The zero-order valence-corrected chi connectivity index (χ0v) is 10.1. The monoisotopic (exact) mass is 238 g/mol. The van der Waals surface area contributed by atoms with Crippen molar-refractivity contribution in [3.8, 4) is 0 Å². The quantitative estimate of drug-likeness (QED) is 0.726. The smallest absolute Gasteiger partial charge is 0.247 e. The average Bonchev–Trinajstić information content (AvgIpc) is 2.96. The molecular weight excluding hydrogens is 220 g/mol. The summed E-state index contributed by atoms with van der Waals surface area (Å²) in [5, 5.41) is 16.9. The fourth-order valence-corrected chi connectivity index (χ4v) is 2.13. The molecule has 0 aliphatic carbocycles. The molecule has 0 bridgehead atoms. The van der Waals surface area contributed by atoms with E-state index in [1.54, 1.807) is 42.0 Å². The number of likely N-dealkylation sites (N-methyl/N-ethyl adjacent to an activating group) is 1. The van der Waals surface area contributed by atoms with Crippen LogP contribution < -0.4 is 5.32 Å². The molecule has 6 nitrogen and oxygen atoms in total. The molecule has 1 aliphatic rings. The van der Waals surface area contributed by atoms with E-state index >= 15 is 0 Å². The number of β-amino-alcohol motifs (C(OH)–C–C–N with tert-alkyl or cyclic N) is 1. The maximum atomic E-state index is 12.2. The van der Waals surface area contributed by atoms with Crippen LogP contribution in [-0.4, -0.2) is 58.0 Å². The fraction of sp³-hybridized carbons (Fsp3) is 0.636. The van der Waals surface area contributed by atoms with Gasteiger partial charge in [-0.2, -0.15) is 5.10 Å². The Hall–Kier alpha value is -1.40. The van der Waals surface area contributed by atoms with E-state index in [4.69, 9.17) is 0 Å². The summed E-state index contributed by atoms with van der Waals surface area (Å²) in [5.74, 6) is -0.0403.